The molecule has 0 aliphatic rings. The zero-order valence-electron chi connectivity index (χ0n) is 10.9. The highest BCUT2D eigenvalue weighted by atomic mass is 16.5. The predicted molar refractivity (Wildman–Crippen MR) is 69.2 cm³/mol. The van der Waals surface area contributed by atoms with Crippen molar-refractivity contribution < 1.29 is 4.74 Å². The highest BCUT2D eigenvalue weighted by Crippen LogP contribution is 2.20. The fourth-order valence-electron chi connectivity index (χ4n) is 1.77. The number of nitrogens with zero attached hydrogens (tertiary/aromatic N) is 2. The third kappa shape index (κ3) is 4.46. The van der Waals surface area contributed by atoms with E-state index in [2.05, 4.69) is 30.0 Å². The third-order valence-corrected chi connectivity index (χ3v) is 2.80. The van der Waals surface area contributed by atoms with E-state index in [0.29, 0.717) is 6.42 Å². The SMILES string of the molecule is COc1ccc(C)cc1CCN(C)CCC#N. The topological polar surface area (TPSA) is 36.3 Å². The Morgan fingerprint density at radius 1 is 1.35 bits per heavy atom. The second kappa shape index (κ2) is 6.93. The first-order valence-corrected chi connectivity index (χ1v) is 5.86. The van der Waals surface area contributed by atoms with Gasteiger partial charge in [-0.05, 0) is 32.0 Å². The third-order valence-electron chi connectivity index (χ3n) is 2.80. The van der Waals surface area contributed by atoms with E-state index >= 15 is 0 Å². The van der Waals surface area contributed by atoms with Gasteiger partial charge in [0, 0.05) is 19.5 Å². The van der Waals surface area contributed by atoms with E-state index in [1.54, 1.807) is 7.11 Å². The fourth-order valence-corrected chi connectivity index (χ4v) is 1.77. The van der Waals surface area contributed by atoms with Crippen LogP contribution in [0, 0.1) is 18.3 Å². The number of likely N-dealkylation sites (N-methyl/N-ethyl adjacent to an activating group) is 1. The zero-order valence-corrected chi connectivity index (χ0v) is 10.9. The van der Waals surface area contributed by atoms with Crippen molar-refractivity contribution in [3.63, 3.8) is 0 Å². The number of methoxy groups -OCH3 is 1. The molecule has 3 nitrogen and oxygen atoms in total. The molecule has 1 aromatic carbocycles. The maximum absolute atomic E-state index is 8.52. The molecule has 1 rings (SSSR count). The molecule has 0 saturated heterocycles. The number of benzene rings is 1. The van der Waals surface area contributed by atoms with Gasteiger partial charge in [0.25, 0.3) is 0 Å². The molecule has 92 valence electrons. The average molecular weight is 232 g/mol. The maximum atomic E-state index is 8.52. The van der Waals surface area contributed by atoms with Gasteiger partial charge in [0.15, 0.2) is 0 Å². The smallest absolute Gasteiger partial charge is 0.122 e. The number of hydrogen-bond donors (Lipinski definition) is 0. The number of rotatable bonds is 6. The largest absolute Gasteiger partial charge is 0.496 e. The number of nitriles is 1. The summed E-state index contributed by atoms with van der Waals surface area (Å²) in [4.78, 5) is 2.17. The van der Waals surface area contributed by atoms with Crippen molar-refractivity contribution in [2.24, 2.45) is 0 Å². The first-order valence-electron chi connectivity index (χ1n) is 5.86. The van der Waals surface area contributed by atoms with E-state index in [9.17, 15) is 0 Å². The molecule has 17 heavy (non-hydrogen) atoms. The Morgan fingerprint density at radius 2 is 2.12 bits per heavy atom. The van der Waals surface area contributed by atoms with Gasteiger partial charge in [-0.3, -0.25) is 0 Å². The molecule has 0 unspecified atom stereocenters. The van der Waals surface area contributed by atoms with Gasteiger partial charge in [-0.25, -0.2) is 0 Å². The van der Waals surface area contributed by atoms with Crippen LogP contribution in [0.3, 0.4) is 0 Å². The van der Waals surface area contributed by atoms with Crippen LogP contribution in [-0.2, 0) is 6.42 Å². The van der Waals surface area contributed by atoms with E-state index < -0.39 is 0 Å². The molecule has 0 aromatic heterocycles. The monoisotopic (exact) mass is 232 g/mol. The lowest BCUT2D eigenvalue weighted by Gasteiger charge is -2.16. The van der Waals surface area contributed by atoms with Crippen molar-refractivity contribution >= 4 is 0 Å². The molecule has 0 N–H and O–H groups in total. The minimum Gasteiger partial charge on any atom is -0.496 e. The van der Waals surface area contributed by atoms with Crippen LogP contribution in [0.5, 0.6) is 5.75 Å². The van der Waals surface area contributed by atoms with Crippen molar-refractivity contribution in [3.8, 4) is 11.8 Å². The number of hydrogen-bond acceptors (Lipinski definition) is 3. The number of ether oxygens (including phenoxy) is 1. The van der Waals surface area contributed by atoms with Gasteiger partial charge in [0.1, 0.15) is 5.75 Å². The molecule has 3 heteroatoms. The molecule has 0 aliphatic heterocycles. The normalized spacial score (nSPS) is 10.3. The average Bonchev–Trinajstić information content (AvgIpc) is 2.34. The molecular formula is C14H20N2O. The quantitative estimate of drug-likeness (QED) is 0.755. The first kappa shape index (κ1) is 13.5. The summed E-state index contributed by atoms with van der Waals surface area (Å²) >= 11 is 0. The highest BCUT2D eigenvalue weighted by Gasteiger charge is 2.05. The lowest BCUT2D eigenvalue weighted by atomic mass is 10.1. The molecule has 0 amide bonds. The Kier molecular flexibility index (Phi) is 5.51. The lowest BCUT2D eigenvalue weighted by Crippen LogP contribution is -2.22. The van der Waals surface area contributed by atoms with Gasteiger partial charge in [0.05, 0.1) is 13.2 Å². The van der Waals surface area contributed by atoms with Crippen molar-refractivity contribution in [1.29, 1.82) is 5.26 Å². The molecule has 0 spiro atoms. The molecule has 0 fully saturated rings. The second-order valence-corrected chi connectivity index (χ2v) is 4.28. The van der Waals surface area contributed by atoms with Crippen LogP contribution in [-0.4, -0.2) is 32.1 Å². The summed E-state index contributed by atoms with van der Waals surface area (Å²) in [6, 6.07) is 8.40. The Balaban J connectivity index is 2.56. The van der Waals surface area contributed by atoms with Gasteiger partial charge in [-0.2, -0.15) is 5.26 Å². The van der Waals surface area contributed by atoms with E-state index in [4.69, 9.17) is 10.00 Å². The minimum atomic E-state index is 0.585. The number of aryl methyl sites for hydroxylation is 1. The summed E-state index contributed by atoms with van der Waals surface area (Å²) in [5, 5.41) is 8.52. The van der Waals surface area contributed by atoms with Crippen molar-refractivity contribution in [2.75, 3.05) is 27.2 Å². The predicted octanol–water partition coefficient (Wildman–Crippen LogP) is 2.39. The Labute approximate surface area is 104 Å². The Bertz CT molecular complexity index is 396. The first-order chi connectivity index (χ1) is 8.17. The van der Waals surface area contributed by atoms with Crippen molar-refractivity contribution in [2.45, 2.75) is 19.8 Å². The van der Waals surface area contributed by atoms with Gasteiger partial charge in [-0.1, -0.05) is 17.7 Å². The molecule has 0 aliphatic carbocycles. The zero-order chi connectivity index (χ0) is 12.7. The summed E-state index contributed by atoms with van der Waals surface area (Å²) in [7, 11) is 3.74. The summed E-state index contributed by atoms with van der Waals surface area (Å²) in [5.41, 5.74) is 2.48. The summed E-state index contributed by atoms with van der Waals surface area (Å²) in [6.07, 6.45) is 1.54. The van der Waals surface area contributed by atoms with Gasteiger partial charge < -0.3 is 9.64 Å². The fraction of sp³-hybridized carbons (Fsp3) is 0.500. The summed E-state index contributed by atoms with van der Waals surface area (Å²) < 4.78 is 5.34. The van der Waals surface area contributed by atoms with Crippen LogP contribution in [0.1, 0.15) is 17.5 Å². The Morgan fingerprint density at radius 3 is 2.76 bits per heavy atom. The van der Waals surface area contributed by atoms with E-state index in [0.717, 1.165) is 25.3 Å². The second-order valence-electron chi connectivity index (χ2n) is 4.28. The molecular weight excluding hydrogens is 212 g/mol. The van der Waals surface area contributed by atoms with Crippen molar-refractivity contribution in [1.82, 2.24) is 4.90 Å². The highest BCUT2D eigenvalue weighted by molar-refractivity contribution is 5.37. The van der Waals surface area contributed by atoms with Crippen LogP contribution in [0.25, 0.3) is 0 Å². The van der Waals surface area contributed by atoms with Crippen LogP contribution in [0.4, 0.5) is 0 Å². The summed E-state index contributed by atoms with van der Waals surface area (Å²) in [5.74, 6) is 0.948. The van der Waals surface area contributed by atoms with E-state index in [-0.39, 0.29) is 0 Å². The van der Waals surface area contributed by atoms with Gasteiger partial charge in [-0.15, -0.1) is 0 Å². The van der Waals surface area contributed by atoms with E-state index in [1.807, 2.05) is 13.1 Å². The van der Waals surface area contributed by atoms with Crippen LogP contribution < -0.4 is 4.74 Å². The molecule has 0 bridgehead atoms. The molecule has 0 saturated carbocycles. The molecule has 0 radical (unpaired) electrons. The van der Waals surface area contributed by atoms with Crippen LogP contribution >= 0.6 is 0 Å². The minimum absolute atomic E-state index is 0.585. The molecule has 1 aromatic rings. The summed E-state index contributed by atoms with van der Waals surface area (Å²) in [6.45, 7) is 3.86. The van der Waals surface area contributed by atoms with Crippen LogP contribution in [0.15, 0.2) is 18.2 Å². The standard InChI is InChI=1S/C14H20N2O/c1-12-5-6-14(17-3)13(11-12)7-10-16(2)9-4-8-15/h5-6,11H,4,7,9-10H2,1-3H3. The van der Waals surface area contributed by atoms with Crippen LogP contribution in [0.2, 0.25) is 0 Å². The van der Waals surface area contributed by atoms with Gasteiger partial charge in [0.2, 0.25) is 0 Å². The lowest BCUT2D eigenvalue weighted by molar-refractivity contribution is 0.342. The molecule has 0 heterocycles. The molecule has 0 atom stereocenters. The van der Waals surface area contributed by atoms with Crippen molar-refractivity contribution in [3.05, 3.63) is 29.3 Å². The Hall–Kier alpha value is -1.53. The van der Waals surface area contributed by atoms with E-state index in [1.165, 1.54) is 11.1 Å². The van der Waals surface area contributed by atoms with Gasteiger partial charge >= 0.3 is 0 Å². The maximum Gasteiger partial charge on any atom is 0.122 e.